The predicted molar refractivity (Wildman–Crippen MR) is 164 cm³/mol. The Morgan fingerprint density at radius 1 is 1.00 bits per heavy atom. The molecule has 214 valence electrons. The number of Topliss-reactive ketones (excluding diaryl/α,β-unsaturated/α-hetero) is 1. The number of benzene rings is 2. The van der Waals surface area contributed by atoms with Gasteiger partial charge in [0.1, 0.15) is 0 Å². The Morgan fingerprint density at radius 2 is 1.62 bits per heavy atom. The van der Waals surface area contributed by atoms with E-state index in [-0.39, 0.29) is 34.3 Å². The molecule has 0 bridgehead atoms. The van der Waals surface area contributed by atoms with E-state index in [1.165, 1.54) is 18.4 Å². The third kappa shape index (κ3) is 7.05. The molecule has 0 aromatic heterocycles. The lowest BCUT2D eigenvalue weighted by atomic mass is 9.61. The first-order valence-electron chi connectivity index (χ1n) is 14.9. The van der Waals surface area contributed by atoms with Crippen LogP contribution in [0.1, 0.15) is 97.0 Å². The number of rotatable bonds is 11. The lowest BCUT2D eigenvalue weighted by Gasteiger charge is -2.47. The molecule has 0 aliphatic heterocycles. The third-order valence-electron chi connectivity index (χ3n) is 9.02. The number of nitrogens with one attached hydrogen (secondary N) is 2. The van der Waals surface area contributed by atoms with Crippen molar-refractivity contribution < 1.29 is 9.53 Å². The maximum Gasteiger partial charge on any atom is 0.180 e. The van der Waals surface area contributed by atoms with Gasteiger partial charge in [0.15, 0.2) is 5.78 Å². The maximum absolute atomic E-state index is 13.7. The van der Waals surface area contributed by atoms with E-state index in [9.17, 15) is 4.79 Å². The van der Waals surface area contributed by atoms with E-state index in [0.29, 0.717) is 0 Å². The van der Waals surface area contributed by atoms with Crippen LogP contribution in [-0.2, 0) is 10.2 Å². The molecule has 5 heteroatoms. The summed E-state index contributed by atoms with van der Waals surface area (Å²) in [5.74, 6) is 1.30. The van der Waals surface area contributed by atoms with Crippen molar-refractivity contribution in [2.24, 2.45) is 11.8 Å². The van der Waals surface area contributed by atoms with Gasteiger partial charge in [0.25, 0.3) is 0 Å². The van der Waals surface area contributed by atoms with Crippen LogP contribution in [0, 0.1) is 11.8 Å². The average Bonchev–Trinajstić information content (AvgIpc) is 3.66. The van der Waals surface area contributed by atoms with Crippen molar-refractivity contribution in [1.29, 1.82) is 0 Å². The van der Waals surface area contributed by atoms with Gasteiger partial charge in [-0.15, -0.1) is 0 Å². The van der Waals surface area contributed by atoms with Gasteiger partial charge in [0.2, 0.25) is 0 Å². The lowest BCUT2D eigenvalue weighted by Crippen LogP contribution is -2.54. The minimum Gasteiger partial charge on any atom is -0.380 e. The Kier molecular flexibility index (Phi) is 8.54. The van der Waals surface area contributed by atoms with Gasteiger partial charge in [0.05, 0.1) is 11.6 Å². The fraction of sp³-hybridized carbons (Fsp3) is 0.618. The number of hydrogen-bond donors (Lipinski definition) is 2. The number of likely N-dealkylation sites (N-methyl/N-ethyl adjacent to an activating group) is 1. The molecule has 2 aliphatic rings. The average molecular weight is 534 g/mol. The molecule has 1 fully saturated rings. The highest BCUT2D eigenvalue weighted by Gasteiger charge is 2.48. The number of fused-ring (bicyclic) bond motifs is 1. The van der Waals surface area contributed by atoms with E-state index in [4.69, 9.17) is 4.74 Å². The van der Waals surface area contributed by atoms with E-state index >= 15 is 0 Å². The number of carbonyl (C=O) groups is 1. The van der Waals surface area contributed by atoms with Crippen LogP contribution in [0.4, 0.5) is 17.1 Å². The molecule has 0 saturated heterocycles. The van der Waals surface area contributed by atoms with Crippen LogP contribution in [0.25, 0.3) is 0 Å². The van der Waals surface area contributed by atoms with E-state index in [1.807, 2.05) is 0 Å². The van der Waals surface area contributed by atoms with Crippen LogP contribution in [0.2, 0.25) is 0 Å². The Labute approximate surface area is 237 Å². The highest BCUT2D eigenvalue weighted by molar-refractivity contribution is 6.03. The van der Waals surface area contributed by atoms with Crippen LogP contribution in [-0.4, -0.2) is 48.1 Å². The molecular formula is C34H51N3O2. The quantitative estimate of drug-likeness (QED) is 0.306. The first-order valence-corrected chi connectivity index (χ1v) is 14.9. The van der Waals surface area contributed by atoms with Crippen molar-refractivity contribution in [3.8, 4) is 0 Å². The second-order valence-electron chi connectivity index (χ2n) is 13.9. The fourth-order valence-corrected chi connectivity index (χ4v) is 6.07. The number of carbonyl (C=O) groups excluding carboxylic acids is 1. The van der Waals surface area contributed by atoms with Gasteiger partial charge < -0.3 is 15.4 Å². The molecule has 0 amide bonds. The van der Waals surface area contributed by atoms with Crippen LogP contribution in [0.5, 0.6) is 0 Å². The summed E-state index contributed by atoms with van der Waals surface area (Å²) in [6.45, 7) is 19.3. The molecule has 1 unspecified atom stereocenters. The molecule has 2 aromatic carbocycles. The van der Waals surface area contributed by atoms with Crippen LogP contribution < -0.4 is 10.6 Å². The van der Waals surface area contributed by atoms with Gasteiger partial charge in [-0.3, -0.25) is 9.69 Å². The van der Waals surface area contributed by atoms with Crippen LogP contribution in [0.3, 0.4) is 0 Å². The number of nitrogens with zero attached hydrogens (tertiary/aromatic N) is 1. The SMILES string of the molecule is CC[C@@]1(C)c2cc(Nc3ccc(NC(C)(C)CCOC(C)(C)C)cc3)ccc2C(=O)C(N(C)CC2CC2)[C@@H]1C. The molecule has 3 atom stereocenters. The lowest BCUT2D eigenvalue weighted by molar-refractivity contribution is -0.00846. The minimum absolute atomic E-state index is 0.0498. The van der Waals surface area contributed by atoms with Crippen molar-refractivity contribution in [2.75, 3.05) is 30.8 Å². The molecule has 2 aliphatic carbocycles. The zero-order valence-corrected chi connectivity index (χ0v) is 25.8. The molecule has 2 N–H and O–H groups in total. The Morgan fingerprint density at radius 3 is 2.21 bits per heavy atom. The Bertz CT molecular complexity index is 1150. The Hall–Kier alpha value is -2.37. The van der Waals surface area contributed by atoms with Crippen molar-refractivity contribution in [3.05, 3.63) is 53.6 Å². The molecular weight excluding hydrogens is 482 g/mol. The molecule has 0 spiro atoms. The summed E-state index contributed by atoms with van der Waals surface area (Å²) in [6, 6.07) is 14.7. The van der Waals surface area contributed by atoms with Gasteiger partial charge in [0, 0.05) is 41.3 Å². The summed E-state index contributed by atoms with van der Waals surface area (Å²) >= 11 is 0. The highest BCUT2D eigenvalue weighted by atomic mass is 16.5. The summed E-state index contributed by atoms with van der Waals surface area (Å²) in [7, 11) is 2.15. The summed E-state index contributed by atoms with van der Waals surface area (Å²) in [5, 5.41) is 7.23. The van der Waals surface area contributed by atoms with Crippen LogP contribution >= 0.6 is 0 Å². The normalized spacial score (nSPS) is 23.6. The molecule has 5 nitrogen and oxygen atoms in total. The largest absolute Gasteiger partial charge is 0.380 e. The second kappa shape index (κ2) is 11.2. The van der Waals surface area contributed by atoms with E-state index < -0.39 is 0 Å². The molecule has 39 heavy (non-hydrogen) atoms. The van der Waals surface area contributed by atoms with Crippen LogP contribution in [0.15, 0.2) is 42.5 Å². The smallest absolute Gasteiger partial charge is 0.180 e. The zero-order chi connectivity index (χ0) is 28.6. The van der Waals surface area contributed by atoms with Gasteiger partial charge in [-0.2, -0.15) is 0 Å². The molecule has 0 radical (unpaired) electrons. The summed E-state index contributed by atoms with van der Waals surface area (Å²) in [5.41, 5.74) is 4.98. The number of hydrogen-bond acceptors (Lipinski definition) is 5. The summed E-state index contributed by atoms with van der Waals surface area (Å²) < 4.78 is 5.93. The number of anilines is 3. The maximum atomic E-state index is 13.7. The standard InChI is InChI=1S/C34H51N3O2/c1-10-34(8)23(2)30(37(9)22-24-11-12-24)31(38)28-18-17-27(21-29(28)34)35-25-13-15-26(16-14-25)36-33(6,7)19-20-39-32(3,4)5/h13-18,21,23-24,30,35-36H,10-12,19-20,22H2,1-9H3/t23-,30?,34+/m0/s1. The van der Waals surface area contributed by atoms with Crippen molar-refractivity contribution in [3.63, 3.8) is 0 Å². The van der Waals surface area contributed by atoms with E-state index in [1.54, 1.807) is 0 Å². The minimum atomic E-state index is -0.117. The summed E-state index contributed by atoms with van der Waals surface area (Å²) in [4.78, 5) is 16.1. The van der Waals surface area contributed by atoms with E-state index in [2.05, 4.69) is 120 Å². The molecule has 2 aromatic rings. The van der Waals surface area contributed by atoms with Crippen molar-refractivity contribution >= 4 is 22.8 Å². The number of ketones is 1. The van der Waals surface area contributed by atoms with Gasteiger partial charge in [-0.25, -0.2) is 0 Å². The topological polar surface area (TPSA) is 53.6 Å². The van der Waals surface area contributed by atoms with Crippen molar-refractivity contribution in [1.82, 2.24) is 4.90 Å². The first-order chi connectivity index (χ1) is 18.2. The van der Waals surface area contributed by atoms with Crippen molar-refractivity contribution in [2.45, 2.75) is 104 Å². The van der Waals surface area contributed by atoms with Gasteiger partial charge >= 0.3 is 0 Å². The predicted octanol–water partition coefficient (Wildman–Crippen LogP) is 8.04. The summed E-state index contributed by atoms with van der Waals surface area (Å²) in [6.07, 6.45) is 4.53. The molecule has 4 rings (SSSR count). The fourth-order valence-electron chi connectivity index (χ4n) is 6.07. The van der Waals surface area contributed by atoms with E-state index in [0.717, 1.165) is 54.5 Å². The monoisotopic (exact) mass is 533 g/mol. The molecule has 1 saturated carbocycles. The van der Waals surface area contributed by atoms with Gasteiger partial charge in [-0.05, 0) is 133 Å². The first kappa shape index (κ1) is 29.6. The van der Waals surface area contributed by atoms with Gasteiger partial charge in [-0.1, -0.05) is 20.8 Å². The molecule has 0 heterocycles. The number of ether oxygens (including phenoxy) is 1. The second-order valence-corrected chi connectivity index (χ2v) is 13.9. The third-order valence-corrected chi connectivity index (χ3v) is 9.02. The Balaban J connectivity index is 1.46. The highest BCUT2D eigenvalue weighted by Crippen LogP contribution is 2.46. The zero-order valence-electron chi connectivity index (χ0n) is 25.8.